The van der Waals surface area contributed by atoms with E-state index in [0.29, 0.717) is 0 Å². The van der Waals surface area contributed by atoms with E-state index >= 15 is 0 Å². The Morgan fingerprint density at radius 1 is 1.18 bits per heavy atom. The number of nitrogens with zero attached hydrogens (tertiary/aromatic N) is 4. The van der Waals surface area contributed by atoms with Crippen LogP contribution < -0.4 is 0 Å². The quantitative estimate of drug-likeness (QED) is 0.715. The molecule has 5 nitrogen and oxygen atoms in total. The molecule has 0 amide bonds. The molecule has 1 aromatic carbocycles. The van der Waals surface area contributed by atoms with E-state index in [1.54, 1.807) is 23.1 Å². The van der Waals surface area contributed by atoms with E-state index in [0.717, 1.165) is 22.3 Å². The van der Waals surface area contributed by atoms with Gasteiger partial charge in [-0.3, -0.25) is 4.98 Å². The van der Waals surface area contributed by atoms with Gasteiger partial charge in [0.05, 0.1) is 24.0 Å². The highest BCUT2D eigenvalue weighted by Crippen LogP contribution is 2.18. The van der Waals surface area contributed by atoms with Crippen LogP contribution in [0, 0.1) is 0 Å². The highest BCUT2D eigenvalue weighted by atomic mass is 16.3. The minimum Gasteiger partial charge on any atom is -0.392 e. The third-order valence-corrected chi connectivity index (χ3v) is 2.64. The highest BCUT2D eigenvalue weighted by Gasteiger charge is 2.09. The molecule has 0 fully saturated rings. The Kier molecular flexibility index (Phi) is 2.31. The van der Waals surface area contributed by atoms with Crippen molar-refractivity contribution in [2.45, 2.75) is 6.61 Å². The Balaban J connectivity index is 2.27. The van der Waals surface area contributed by atoms with E-state index in [2.05, 4.69) is 15.3 Å². The van der Waals surface area contributed by atoms with E-state index in [-0.39, 0.29) is 6.61 Å². The van der Waals surface area contributed by atoms with Crippen LogP contribution in [0.15, 0.2) is 42.7 Å². The van der Waals surface area contributed by atoms with Crippen molar-refractivity contribution in [3.05, 3.63) is 48.3 Å². The van der Waals surface area contributed by atoms with Crippen LogP contribution in [0.1, 0.15) is 5.56 Å². The molecule has 5 heteroatoms. The fourth-order valence-corrected chi connectivity index (χ4v) is 1.79. The Morgan fingerprint density at radius 3 is 2.94 bits per heavy atom. The predicted octanol–water partition coefficient (Wildman–Crippen LogP) is 1.31. The second kappa shape index (κ2) is 3.95. The largest absolute Gasteiger partial charge is 0.392 e. The fourth-order valence-electron chi connectivity index (χ4n) is 1.79. The zero-order chi connectivity index (χ0) is 11.7. The number of para-hydroxylation sites is 1. The number of hydrogen-bond donors (Lipinski definition) is 1. The molecule has 0 aliphatic rings. The van der Waals surface area contributed by atoms with Gasteiger partial charge in [0.15, 0.2) is 0 Å². The molecule has 0 unspecified atom stereocenters. The van der Waals surface area contributed by atoms with Crippen LogP contribution in [0.4, 0.5) is 0 Å². The molecule has 0 aliphatic heterocycles. The van der Waals surface area contributed by atoms with Crippen molar-refractivity contribution < 1.29 is 5.11 Å². The van der Waals surface area contributed by atoms with Crippen molar-refractivity contribution in [1.29, 1.82) is 0 Å². The van der Waals surface area contributed by atoms with Crippen LogP contribution in [0.2, 0.25) is 0 Å². The lowest BCUT2D eigenvalue weighted by molar-refractivity contribution is 0.281. The Bertz CT molecular complexity index is 662. The summed E-state index contributed by atoms with van der Waals surface area (Å²) < 4.78 is 1.69. The second-order valence-corrected chi connectivity index (χ2v) is 3.65. The normalized spacial score (nSPS) is 10.9. The Hall–Kier alpha value is -2.27. The summed E-state index contributed by atoms with van der Waals surface area (Å²) in [5.74, 6) is 0. The summed E-state index contributed by atoms with van der Waals surface area (Å²) >= 11 is 0. The van der Waals surface area contributed by atoms with Crippen molar-refractivity contribution in [2.75, 3.05) is 0 Å². The minimum atomic E-state index is -0.0496. The van der Waals surface area contributed by atoms with E-state index in [4.69, 9.17) is 0 Å². The molecule has 17 heavy (non-hydrogen) atoms. The van der Waals surface area contributed by atoms with Gasteiger partial charge in [-0.15, -0.1) is 5.10 Å². The summed E-state index contributed by atoms with van der Waals surface area (Å²) in [6.45, 7) is -0.0496. The molecule has 3 aromatic rings. The minimum absolute atomic E-state index is 0.0496. The van der Waals surface area contributed by atoms with E-state index in [1.807, 2.05) is 24.3 Å². The first-order valence-corrected chi connectivity index (χ1v) is 5.25. The lowest BCUT2D eigenvalue weighted by Crippen LogP contribution is -2.02. The first kappa shape index (κ1) is 9.92. The van der Waals surface area contributed by atoms with Gasteiger partial charge in [-0.1, -0.05) is 17.3 Å². The van der Waals surface area contributed by atoms with E-state index in [1.165, 1.54) is 0 Å². The first-order chi connectivity index (χ1) is 8.40. The number of pyridine rings is 1. The number of benzene rings is 1. The molecule has 3 rings (SSSR count). The summed E-state index contributed by atoms with van der Waals surface area (Å²) in [6, 6.07) is 9.44. The van der Waals surface area contributed by atoms with Gasteiger partial charge in [0.2, 0.25) is 0 Å². The molecule has 0 atom stereocenters. The number of hydrogen-bond acceptors (Lipinski definition) is 4. The van der Waals surface area contributed by atoms with Crippen molar-refractivity contribution in [3.63, 3.8) is 0 Å². The third kappa shape index (κ3) is 1.57. The second-order valence-electron chi connectivity index (χ2n) is 3.65. The van der Waals surface area contributed by atoms with Crippen molar-refractivity contribution in [2.24, 2.45) is 0 Å². The Labute approximate surface area is 97.3 Å². The van der Waals surface area contributed by atoms with Crippen molar-refractivity contribution >= 4 is 11.0 Å². The van der Waals surface area contributed by atoms with Gasteiger partial charge in [-0.25, -0.2) is 4.68 Å². The van der Waals surface area contributed by atoms with Crippen LogP contribution >= 0.6 is 0 Å². The zero-order valence-corrected chi connectivity index (χ0v) is 8.98. The molecule has 0 aliphatic carbocycles. The smallest absolute Gasteiger partial charge is 0.113 e. The fraction of sp³-hybridized carbons (Fsp3) is 0.0833. The molecule has 2 heterocycles. The van der Waals surface area contributed by atoms with Crippen LogP contribution in [0.5, 0.6) is 0 Å². The van der Waals surface area contributed by atoms with Gasteiger partial charge in [0.25, 0.3) is 0 Å². The van der Waals surface area contributed by atoms with Gasteiger partial charge in [-0.2, -0.15) is 0 Å². The average Bonchev–Trinajstić information content (AvgIpc) is 2.82. The van der Waals surface area contributed by atoms with Crippen molar-refractivity contribution in [1.82, 2.24) is 20.0 Å². The zero-order valence-electron chi connectivity index (χ0n) is 8.98. The maximum atomic E-state index is 9.30. The number of aliphatic hydroxyl groups is 1. The Morgan fingerprint density at radius 2 is 2.06 bits per heavy atom. The molecule has 1 N–H and O–H groups in total. The number of rotatable bonds is 2. The summed E-state index contributed by atoms with van der Waals surface area (Å²) in [7, 11) is 0. The molecule has 0 spiro atoms. The molecule has 0 saturated heterocycles. The molecule has 0 saturated carbocycles. The van der Waals surface area contributed by atoms with Gasteiger partial charge in [0.1, 0.15) is 5.52 Å². The summed E-state index contributed by atoms with van der Waals surface area (Å²) in [4.78, 5) is 4.06. The van der Waals surface area contributed by atoms with Gasteiger partial charge in [0, 0.05) is 11.8 Å². The van der Waals surface area contributed by atoms with Crippen LogP contribution in [-0.4, -0.2) is 25.1 Å². The number of aliphatic hydroxyl groups excluding tert-OH is 1. The number of fused-ring (bicyclic) bond motifs is 1. The summed E-state index contributed by atoms with van der Waals surface area (Å²) in [5.41, 5.74) is 3.25. The molecular weight excluding hydrogens is 216 g/mol. The molecule has 84 valence electrons. The van der Waals surface area contributed by atoms with Crippen LogP contribution in [-0.2, 0) is 6.61 Å². The maximum absolute atomic E-state index is 9.30. The standard InChI is InChI=1S/C12H10N4O/c17-8-9-5-6-13-7-12(9)16-11-4-2-1-3-10(11)14-15-16/h1-7,17H,8H2. The van der Waals surface area contributed by atoms with Gasteiger partial charge in [-0.05, 0) is 18.2 Å². The monoisotopic (exact) mass is 226 g/mol. The van der Waals surface area contributed by atoms with E-state index in [9.17, 15) is 5.11 Å². The lowest BCUT2D eigenvalue weighted by atomic mass is 10.2. The lowest BCUT2D eigenvalue weighted by Gasteiger charge is -2.06. The summed E-state index contributed by atoms with van der Waals surface area (Å²) in [5, 5.41) is 17.5. The van der Waals surface area contributed by atoms with Gasteiger partial charge < -0.3 is 5.11 Å². The van der Waals surface area contributed by atoms with Crippen LogP contribution in [0.25, 0.3) is 16.7 Å². The van der Waals surface area contributed by atoms with Crippen LogP contribution in [0.3, 0.4) is 0 Å². The molecule has 2 aromatic heterocycles. The maximum Gasteiger partial charge on any atom is 0.113 e. The highest BCUT2D eigenvalue weighted by molar-refractivity contribution is 5.76. The molecular formula is C12H10N4O. The topological polar surface area (TPSA) is 63.8 Å². The van der Waals surface area contributed by atoms with E-state index < -0.39 is 0 Å². The molecule has 0 radical (unpaired) electrons. The average molecular weight is 226 g/mol. The summed E-state index contributed by atoms with van der Waals surface area (Å²) in [6.07, 6.45) is 3.32. The van der Waals surface area contributed by atoms with Gasteiger partial charge >= 0.3 is 0 Å². The van der Waals surface area contributed by atoms with Crippen molar-refractivity contribution in [3.8, 4) is 5.69 Å². The molecule has 0 bridgehead atoms. The third-order valence-electron chi connectivity index (χ3n) is 2.64. The predicted molar refractivity (Wildman–Crippen MR) is 62.6 cm³/mol. The number of aromatic nitrogens is 4. The first-order valence-electron chi connectivity index (χ1n) is 5.25. The SMILES string of the molecule is OCc1ccncc1-n1nnc2ccccc21.